The van der Waals surface area contributed by atoms with Gasteiger partial charge >= 0.3 is 11.9 Å². The van der Waals surface area contributed by atoms with Crippen molar-refractivity contribution in [1.82, 2.24) is 0 Å². The number of carboxylic acids is 1. The van der Waals surface area contributed by atoms with E-state index in [-0.39, 0.29) is 29.8 Å². The van der Waals surface area contributed by atoms with Crippen molar-refractivity contribution >= 4 is 11.9 Å². The van der Waals surface area contributed by atoms with Gasteiger partial charge in [-0.2, -0.15) is 0 Å². The predicted molar refractivity (Wildman–Crippen MR) is 130 cm³/mol. The Morgan fingerprint density at radius 1 is 1.03 bits per heavy atom. The van der Waals surface area contributed by atoms with Crippen molar-refractivity contribution in [2.24, 2.45) is 0 Å². The number of methoxy groups -OCH3 is 2. The Labute approximate surface area is 223 Å². The third-order valence-corrected chi connectivity index (χ3v) is 6.56. The molecule has 4 rings (SSSR count). The van der Waals surface area contributed by atoms with E-state index in [1.165, 1.54) is 14.2 Å². The molecule has 1 fully saturated rings. The Bertz CT molecular complexity index is 1200. The van der Waals surface area contributed by atoms with E-state index >= 15 is 0 Å². The topological polar surface area (TPSA) is 191 Å². The summed E-state index contributed by atoms with van der Waals surface area (Å²) in [6.07, 6.45) is -8.00. The van der Waals surface area contributed by atoms with Gasteiger partial charge in [-0.15, -0.1) is 0 Å². The lowest BCUT2D eigenvalue weighted by atomic mass is 9.89. The molecule has 212 valence electrons. The summed E-state index contributed by atoms with van der Waals surface area (Å²) in [5.41, 5.74) is 1.47. The molecule has 0 amide bonds. The van der Waals surface area contributed by atoms with Crippen molar-refractivity contribution < 1.29 is 63.5 Å². The summed E-state index contributed by atoms with van der Waals surface area (Å²) in [5, 5.41) is 50.2. The Kier molecular flexibility index (Phi) is 8.65. The van der Waals surface area contributed by atoms with Crippen LogP contribution in [0, 0.1) is 0 Å². The number of aliphatic hydroxyl groups is 3. The van der Waals surface area contributed by atoms with E-state index in [4.69, 9.17) is 33.5 Å². The van der Waals surface area contributed by atoms with Crippen LogP contribution in [-0.2, 0) is 25.5 Å². The molecule has 5 N–H and O–H groups in total. The fourth-order valence-electron chi connectivity index (χ4n) is 4.52. The van der Waals surface area contributed by atoms with Crippen molar-refractivity contribution in [3.63, 3.8) is 0 Å². The van der Waals surface area contributed by atoms with Crippen LogP contribution >= 0.6 is 0 Å². The summed E-state index contributed by atoms with van der Waals surface area (Å²) in [4.78, 5) is 22.2. The van der Waals surface area contributed by atoms with Gasteiger partial charge in [0.25, 0.3) is 0 Å². The number of hydrogen-bond donors (Lipinski definition) is 5. The number of phenols is 1. The van der Waals surface area contributed by atoms with Gasteiger partial charge in [0.05, 0.1) is 20.8 Å². The lowest BCUT2D eigenvalue weighted by molar-refractivity contribution is -0.278. The summed E-state index contributed by atoms with van der Waals surface area (Å²) in [7, 11) is 2.92. The van der Waals surface area contributed by atoms with Gasteiger partial charge in [0.15, 0.2) is 11.5 Å². The number of aliphatic carboxylic acids is 1. The molecule has 0 radical (unpaired) electrons. The van der Waals surface area contributed by atoms with E-state index in [9.17, 15) is 30.0 Å². The molecular formula is C26H30O13. The zero-order valence-corrected chi connectivity index (χ0v) is 21.2. The lowest BCUT2D eigenvalue weighted by Crippen LogP contribution is -2.60. The van der Waals surface area contributed by atoms with Gasteiger partial charge in [-0.25, -0.2) is 0 Å². The number of carbonyl (C=O) groups excluding carboxylic acids is 1. The molecule has 0 saturated carbocycles. The first kappa shape index (κ1) is 28.2. The average Bonchev–Trinajstić information content (AvgIpc) is 2.91. The molecule has 0 aromatic heterocycles. The highest BCUT2D eigenvalue weighted by Gasteiger charge is 2.45. The maximum absolute atomic E-state index is 11.5. The van der Waals surface area contributed by atoms with Crippen LogP contribution in [0.5, 0.6) is 28.7 Å². The molecule has 2 aliphatic heterocycles. The van der Waals surface area contributed by atoms with Gasteiger partial charge in [0.2, 0.25) is 12.0 Å². The molecular weight excluding hydrogens is 520 g/mol. The molecule has 0 aliphatic carbocycles. The monoisotopic (exact) mass is 550 g/mol. The van der Waals surface area contributed by atoms with E-state index in [1.54, 1.807) is 30.3 Å². The molecule has 6 atom stereocenters. The minimum atomic E-state index is -1.68. The number of rotatable bonds is 9. The molecule has 0 spiro atoms. The molecule has 0 bridgehead atoms. The number of phenolic OH excluding ortho intramolecular Hbond substituents is 1. The van der Waals surface area contributed by atoms with Gasteiger partial charge in [-0.05, 0) is 24.1 Å². The van der Waals surface area contributed by atoms with Crippen LogP contribution in [0.1, 0.15) is 23.5 Å². The number of hydrogen-bond acceptors (Lipinski definition) is 12. The van der Waals surface area contributed by atoms with Crippen LogP contribution in [-0.4, -0.2) is 95.6 Å². The number of aromatic hydroxyl groups is 1. The molecule has 2 aromatic rings. The van der Waals surface area contributed by atoms with Crippen molar-refractivity contribution in [3.05, 3.63) is 41.5 Å². The number of carboxylic acid groups (broad SMARTS) is 1. The summed E-state index contributed by atoms with van der Waals surface area (Å²) in [6.45, 7) is -0.314. The van der Waals surface area contributed by atoms with Gasteiger partial charge in [-0.1, -0.05) is 12.1 Å². The lowest BCUT2D eigenvalue weighted by Gasteiger charge is -2.40. The van der Waals surface area contributed by atoms with E-state index in [0.717, 1.165) is 5.56 Å². The third kappa shape index (κ3) is 6.11. The number of esters is 1. The number of aliphatic hydroxyl groups excluding tert-OH is 3. The SMILES string of the molecule is COc1ccc(C2COc3cc(O[C@@H]4O[C@H](COC(=O)CC(=O)O)[C@@H](O)[C@H](O)[C@H]4O)ccc3C2)c(O)c1OC. The highest BCUT2D eigenvalue weighted by Crippen LogP contribution is 2.44. The number of fused-ring (bicyclic) bond motifs is 1. The first-order chi connectivity index (χ1) is 18.6. The molecule has 39 heavy (non-hydrogen) atoms. The molecule has 2 heterocycles. The van der Waals surface area contributed by atoms with Crippen molar-refractivity contribution in [2.45, 2.75) is 49.5 Å². The van der Waals surface area contributed by atoms with Gasteiger partial charge in [0, 0.05) is 17.5 Å². The van der Waals surface area contributed by atoms with Crippen LogP contribution in [0.15, 0.2) is 30.3 Å². The van der Waals surface area contributed by atoms with Crippen molar-refractivity contribution in [3.8, 4) is 28.7 Å². The summed E-state index contributed by atoms with van der Waals surface area (Å²) >= 11 is 0. The Balaban J connectivity index is 1.44. The van der Waals surface area contributed by atoms with Gasteiger partial charge in [-0.3, -0.25) is 9.59 Å². The van der Waals surface area contributed by atoms with E-state index in [1.807, 2.05) is 0 Å². The summed E-state index contributed by atoms with van der Waals surface area (Å²) < 4.78 is 32.5. The predicted octanol–water partition coefficient (Wildman–Crippen LogP) is 0.332. The van der Waals surface area contributed by atoms with E-state index < -0.39 is 55.7 Å². The molecule has 2 aliphatic rings. The normalized spacial score (nSPS) is 26.1. The first-order valence-electron chi connectivity index (χ1n) is 12.1. The molecule has 1 unspecified atom stereocenters. The maximum Gasteiger partial charge on any atom is 0.317 e. The molecule has 1 saturated heterocycles. The second-order valence-electron chi connectivity index (χ2n) is 9.11. The fraction of sp³-hybridized carbons (Fsp3) is 0.462. The highest BCUT2D eigenvalue weighted by molar-refractivity contribution is 5.90. The van der Waals surface area contributed by atoms with Crippen LogP contribution in [0.2, 0.25) is 0 Å². The fourth-order valence-corrected chi connectivity index (χ4v) is 4.52. The second kappa shape index (κ2) is 11.9. The number of ether oxygens (including phenoxy) is 6. The van der Waals surface area contributed by atoms with Crippen LogP contribution in [0.4, 0.5) is 0 Å². The smallest absolute Gasteiger partial charge is 0.317 e. The zero-order chi connectivity index (χ0) is 28.3. The first-order valence-corrected chi connectivity index (χ1v) is 12.1. The minimum absolute atomic E-state index is 0.0266. The van der Waals surface area contributed by atoms with Crippen LogP contribution < -0.4 is 18.9 Å². The Morgan fingerprint density at radius 2 is 1.79 bits per heavy atom. The minimum Gasteiger partial charge on any atom is -0.504 e. The molecule has 13 nitrogen and oxygen atoms in total. The highest BCUT2D eigenvalue weighted by atomic mass is 16.7. The quantitative estimate of drug-likeness (QED) is 0.212. The van der Waals surface area contributed by atoms with E-state index in [0.29, 0.717) is 23.5 Å². The largest absolute Gasteiger partial charge is 0.504 e. The summed E-state index contributed by atoms with van der Waals surface area (Å²) in [6, 6.07) is 8.40. The van der Waals surface area contributed by atoms with Gasteiger partial charge < -0.3 is 54.0 Å². The Morgan fingerprint density at radius 3 is 2.49 bits per heavy atom. The number of carbonyl (C=O) groups is 2. The number of benzene rings is 2. The van der Waals surface area contributed by atoms with Gasteiger partial charge in [0.1, 0.15) is 48.9 Å². The molecule has 13 heteroatoms. The average molecular weight is 551 g/mol. The van der Waals surface area contributed by atoms with Crippen LogP contribution in [0.3, 0.4) is 0 Å². The summed E-state index contributed by atoms with van der Waals surface area (Å²) in [5.74, 6) is -1.26. The zero-order valence-electron chi connectivity index (χ0n) is 21.2. The standard InChI is InChI=1S/C26H30O13/c1-34-16-6-5-15(21(30)25(16)35-2)13-7-12-3-4-14(8-17(12)36-10-13)38-26-24(33)23(32)22(31)18(39-26)11-37-20(29)9-19(27)28/h3-6,8,13,18,22-24,26,30-33H,7,9-11H2,1-2H3,(H,27,28)/t13?,18-,22-,23+,24-,26-/m1/s1. The van der Waals surface area contributed by atoms with Crippen molar-refractivity contribution in [2.75, 3.05) is 27.4 Å². The Hall–Kier alpha value is -3.78. The third-order valence-electron chi connectivity index (χ3n) is 6.56. The maximum atomic E-state index is 11.5. The van der Waals surface area contributed by atoms with E-state index in [2.05, 4.69) is 0 Å². The van der Waals surface area contributed by atoms with Crippen LogP contribution in [0.25, 0.3) is 0 Å². The van der Waals surface area contributed by atoms with Crippen molar-refractivity contribution in [1.29, 1.82) is 0 Å². The molecule has 2 aromatic carbocycles. The second-order valence-corrected chi connectivity index (χ2v) is 9.11.